The van der Waals surface area contributed by atoms with E-state index in [9.17, 15) is 10.1 Å². The molecule has 1 amide bonds. The molecule has 2 aromatic carbocycles. The van der Waals surface area contributed by atoms with Gasteiger partial charge in [0.1, 0.15) is 28.0 Å². The first kappa shape index (κ1) is 25.3. The maximum Gasteiger partial charge on any atom is 0.412 e. The summed E-state index contributed by atoms with van der Waals surface area (Å²) in [6.45, 7) is 7.38. The number of carbonyl (C=O) groups is 1. The molecule has 0 saturated heterocycles. The van der Waals surface area contributed by atoms with Gasteiger partial charge in [-0.1, -0.05) is 18.7 Å². The van der Waals surface area contributed by atoms with Crippen molar-refractivity contribution < 1.29 is 23.0 Å². The SMILES string of the molecule is CCSc1ncc2c3c(c(-c4c(F)ccc5sc(NC(=O)OC(C)(C)C)c(C#N)c45)c(F)c2n1)COC3. The molecule has 0 unspecified atom stereocenters. The number of rotatable bonds is 4. The van der Waals surface area contributed by atoms with Crippen molar-refractivity contribution in [3.8, 4) is 17.2 Å². The number of thioether (sulfide) groups is 1. The number of benzene rings is 2. The standard InChI is InChI=1S/C26H22F2N4O3S2/c1-5-36-24-30-9-13-14-10-34-11-15(14)19(21(28)22(13)31-24)20-16(27)6-7-17-18(20)12(8-29)23(37-17)32-25(33)35-26(2,3)4/h6-7,9H,5,10-11H2,1-4H3,(H,32,33). The van der Waals surface area contributed by atoms with Gasteiger partial charge in [0.05, 0.1) is 18.8 Å². The molecule has 0 spiro atoms. The number of fused-ring (bicyclic) bond motifs is 4. The van der Waals surface area contributed by atoms with Gasteiger partial charge in [-0.3, -0.25) is 5.32 Å². The molecule has 2 aromatic heterocycles. The summed E-state index contributed by atoms with van der Waals surface area (Å²) in [5.41, 5.74) is 0.472. The Kier molecular flexibility index (Phi) is 6.52. The highest BCUT2D eigenvalue weighted by atomic mass is 32.2. The predicted molar refractivity (Wildman–Crippen MR) is 140 cm³/mol. The average Bonchev–Trinajstić information content (AvgIpc) is 3.44. The lowest BCUT2D eigenvalue weighted by molar-refractivity contribution is 0.0636. The fraction of sp³-hybridized carbons (Fsp3) is 0.308. The van der Waals surface area contributed by atoms with Crippen LogP contribution in [0.25, 0.3) is 32.1 Å². The highest BCUT2D eigenvalue weighted by molar-refractivity contribution is 7.99. The Morgan fingerprint density at radius 3 is 2.73 bits per heavy atom. The van der Waals surface area contributed by atoms with Crippen molar-refractivity contribution in [3.63, 3.8) is 0 Å². The fourth-order valence-electron chi connectivity index (χ4n) is 4.36. The number of nitrogens with one attached hydrogen (secondary N) is 1. The molecule has 37 heavy (non-hydrogen) atoms. The summed E-state index contributed by atoms with van der Waals surface area (Å²) in [4.78, 5) is 21.2. The van der Waals surface area contributed by atoms with E-state index in [0.29, 0.717) is 32.1 Å². The second-order valence-electron chi connectivity index (χ2n) is 9.33. The van der Waals surface area contributed by atoms with E-state index >= 15 is 8.78 Å². The zero-order valence-electron chi connectivity index (χ0n) is 20.5. The quantitative estimate of drug-likeness (QED) is 0.217. The van der Waals surface area contributed by atoms with Gasteiger partial charge in [-0.15, -0.1) is 11.3 Å². The lowest BCUT2D eigenvalue weighted by Gasteiger charge is -2.19. The summed E-state index contributed by atoms with van der Waals surface area (Å²) in [5.74, 6) is -0.701. The number of carbonyl (C=O) groups excluding carboxylic acids is 1. The van der Waals surface area contributed by atoms with Crippen molar-refractivity contribution in [3.05, 3.63) is 46.7 Å². The van der Waals surface area contributed by atoms with Gasteiger partial charge in [0, 0.05) is 32.8 Å². The van der Waals surface area contributed by atoms with Crippen LogP contribution in [0.1, 0.15) is 44.4 Å². The summed E-state index contributed by atoms with van der Waals surface area (Å²) in [5, 5.41) is 14.0. The Labute approximate surface area is 219 Å². The topological polar surface area (TPSA) is 97.1 Å². The van der Waals surface area contributed by atoms with Crippen molar-refractivity contribution in [1.82, 2.24) is 9.97 Å². The zero-order valence-corrected chi connectivity index (χ0v) is 22.1. The number of aromatic nitrogens is 2. The van der Waals surface area contributed by atoms with Crippen LogP contribution in [0, 0.1) is 23.0 Å². The lowest BCUT2D eigenvalue weighted by atomic mass is 9.90. The number of anilines is 1. The second kappa shape index (κ2) is 9.52. The van der Waals surface area contributed by atoms with Crippen LogP contribution >= 0.6 is 23.1 Å². The largest absolute Gasteiger partial charge is 0.444 e. The summed E-state index contributed by atoms with van der Waals surface area (Å²) < 4.78 is 43.4. The third kappa shape index (κ3) is 4.50. The molecule has 1 aliphatic heterocycles. The van der Waals surface area contributed by atoms with Crippen LogP contribution in [0.5, 0.6) is 0 Å². The number of hydrogen-bond acceptors (Lipinski definition) is 8. The van der Waals surface area contributed by atoms with Crippen LogP contribution in [0.3, 0.4) is 0 Å². The van der Waals surface area contributed by atoms with E-state index < -0.39 is 23.3 Å². The molecule has 0 bridgehead atoms. The van der Waals surface area contributed by atoms with E-state index in [1.54, 1.807) is 27.0 Å². The number of hydrogen-bond donors (Lipinski definition) is 1. The van der Waals surface area contributed by atoms with Crippen molar-refractivity contribution in [2.45, 2.75) is 51.7 Å². The molecule has 3 heterocycles. The van der Waals surface area contributed by atoms with Gasteiger partial charge in [-0.05, 0) is 49.8 Å². The molecule has 1 N–H and O–H groups in total. The molecule has 0 atom stereocenters. The Hall–Kier alpha value is -3.33. The molecule has 5 rings (SSSR count). The number of amides is 1. The second-order valence-corrected chi connectivity index (χ2v) is 11.6. The summed E-state index contributed by atoms with van der Waals surface area (Å²) in [6, 6.07) is 4.81. The monoisotopic (exact) mass is 540 g/mol. The number of thiophene rings is 1. The molecule has 0 radical (unpaired) electrons. The van der Waals surface area contributed by atoms with Crippen molar-refractivity contribution in [2.24, 2.45) is 0 Å². The maximum atomic E-state index is 16.3. The van der Waals surface area contributed by atoms with Gasteiger partial charge in [0.25, 0.3) is 0 Å². The highest BCUT2D eigenvalue weighted by Gasteiger charge is 2.31. The highest BCUT2D eigenvalue weighted by Crippen LogP contribution is 2.47. The van der Waals surface area contributed by atoms with Gasteiger partial charge < -0.3 is 9.47 Å². The zero-order chi connectivity index (χ0) is 26.5. The first-order valence-corrected chi connectivity index (χ1v) is 13.3. The van der Waals surface area contributed by atoms with Crippen LogP contribution in [-0.4, -0.2) is 27.4 Å². The van der Waals surface area contributed by atoms with E-state index in [-0.39, 0.29) is 45.8 Å². The summed E-state index contributed by atoms with van der Waals surface area (Å²) in [6.07, 6.45) is 0.827. The van der Waals surface area contributed by atoms with E-state index in [1.165, 1.54) is 23.9 Å². The van der Waals surface area contributed by atoms with Crippen molar-refractivity contribution >= 4 is 55.2 Å². The van der Waals surface area contributed by atoms with Gasteiger partial charge >= 0.3 is 6.09 Å². The predicted octanol–water partition coefficient (Wildman–Crippen LogP) is 7.15. The Morgan fingerprint density at radius 1 is 1.27 bits per heavy atom. The fourth-order valence-corrected chi connectivity index (χ4v) is 5.95. The van der Waals surface area contributed by atoms with Crippen molar-refractivity contribution in [2.75, 3.05) is 11.1 Å². The normalized spacial score (nSPS) is 13.1. The Bertz CT molecular complexity index is 1620. The number of ether oxygens (including phenoxy) is 2. The average molecular weight is 541 g/mol. The first-order chi connectivity index (χ1) is 17.6. The molecule has 4 aromatic rings. The number of halogens is 2. The smallest absolute Gasteiger partial charge is 0.412 e. The van der Waals surface area contributed by atoms with Crippen LogP contribution < -0.4 is 5.32 Å². The van der Waals surface area contributed by atoms with Crippen LogP contribution in [-0.2, 0) is 22.7 Å². The molecule has 0 fully saturated rings. The van der Waals surface area contributed by atoms with E-state index in [0.717, 1.165) is 11.3 Å². The van der Waals surface area contributed by atoms with Crippen LogP contribution in [0.2, 0.25) is 0 Å². The molecule has 0 aliphatic carbocycles. The minimum atomic E-state index is -0.754. The van der Waals surface area contributed by atoms with Gasteiger partial charge in [-0.25, -0.2) is 23.5 Å². The number of nitriles is 1. The van der Waals surface area contributed by atoms with Crippen LogP contribution in [0.4, 0.5) is 18.6 Å². The molecule has 190 valence electrons. The number of nitrogens with zero attached hydrogens (tertiary/aromatic N) is 3. The third-order valence-electron chi connectivity index (χ3n) is 5.73. The van der Waals surface area contributed by atoms with E-state index in [4.69, 9.17) is 9.47 Å². The van der Waals surface area contributed by atoms with Gasteiger partial charge in [0.2, 0.25) is 0 Å². The minimum Gasteiger partial charge on any atom is -0.444 e. The Balaban J connectivity index is 1.78. The summed E-state index contributed by atoms with van der Waals surface area (Å²) >= 11 is 2.46. The molecule has 1 aliphatic rings. The summed E-state index contributed by atoms with van der Waals surface area (Å²) in [7, 11) is 0. The molecular formula is C26H22F2N4O3S2. The van der Waals surface area contributed by atoms with Crippen LogP contribution in [0.15, 0.2) is 23.5 Å². The third-order valence-corrected chi connectivity index (χ3v) is 7.55. The maximum absolute atomic E-state index is 16.3. The molecular weight excluding hydrogens is 518 g/mol. The van der Waals surface area contributed by atoms with Gasteiger partial charge in [0.15, 0.2) is 11.0 Å². The first-order valence-electron chi connectivity index (χ1n) is 11.5. The molecule has 11 heteroatoms. The minimum absolute atomic E-state index is 0.00682. The molecule has 7 nitrogen and oxygen atoms in total. The van der Waals surface area contributed by atoms with Crippen molar-refractivity contribution in [1.29, 1.82) is 5.26 Å². The van der Waals surface area contributed by atoms with E-state index in [1.807, 2.05) is 6.92 Å². The van der Waals surface area contributed by atoms with Gasteiger partial charge in [-0.2, -0.15) is 5.26 Å². The lowest BCUT2D eigenvalue weighted by Crippen LogP contribution is -2.27. The van der Waals surface area contributed by atoms with E-state index in [2.05, 4.69) is 21.4 Å². The molecule has 0 saturated carbocycles. The Morgan fingerprint density at radius 2 is 2.03 bits per heavy atom.